The predicted octanol–water partition coefficient (Wildman–Crippen LogP) is 3.71. The third-order valence-electron chi connectivity index (χ3n) is 3.54. The third-order valence-corrected chi connectivity index (χ3v) is 3.54. The molecule has 1 aromatic rings. The molecular formula is C15H19F6N3O. The predicted molar refractivity (Wildman–Crippen MR) is 81.5 cm³/mol. The van der Waals surface area contributed by atoms with Crippen molar-refractivity contribution in [1.82, 2.24) is 4.90 Å². The molecule has 0 aliphatic heterocycles. The Labute approximate surface area is 141 Å². The minimum atomic E-state index is -5.92. The van der Waals surface area contributed by atoms with Crippen LogP contribution in [0.1, 0.15) is 18.9 Å². The molecule has 0 unspecified atom stereocenters. The zero-order valence-corrected chi connectivity index (χ0v) is 13.8. The van der Waals surface area contributed by atoms with E-state index in [2.05, 4.69) is 0 Å². The Morgan fingerprint density at radius 3 is 1.76 bits per heavy atom. The topological polar surface area (TPSA) is 50.6 Å². The lowest BCUT2D eigenvalue weighted by Crippen LogP contribution is -2.53. The molecule has 0 aromatic heterocycles. The van der Waals surface area contributed by atoms with Crippen molar-refractivity contribution in [1.29, 1.82) is 5.41 Å². The van der Waals surface area contributed by atoms with Gasteiger partial charge in [0.05, 0.1) is 0 Å². The summed E-state index contributed by atoms with van der Waals surface area (Å²) in [6, 6.07) is 3.18. The highest BCUT2D eigenvalue weighted by Gasteiger charge is 2.71. The quantitative estimate of drug-likeness (QED) is 0.482. The van der Waals surface area contributed by atoms with Crippen molar-refractivity contribution in [2.45, 2.75) is 31.3 Å². The molecule has 0 aliphatic rings. The van der Waals surface area contributed by atoms with Gasteiger partial charge in [-0.15, -0.1) is 0 Å². The van der Waals surface area contributed by atoms with Gasteiger partial charge < -0.3 is 14.9 Å². The molecule has 0 fully saturated rings. The molecule has 0 bridgehead atoms. The van der Waals surface area contributed by atoms with E-state index in [0.717, 1.165) is 12.1 Å². The molecule has 1 rings (SSSR count). The molecule has 0 spiro atoms. The fourth-order valence-electron chi connectivity index (χ4n) is 2.19. The molecule has 2 N–H and O–H groups in total. The highest BCUT2D eigenvalue weighted by Crippen LogP contribution is 2.50. The van der Waals surface area contributed by atoms with Crippen molar-refractivity contribution in [2.24, 2.45) is 0 Å². The van der Waals surface area contributed by atoms with Gasteiger partial charge in [-0.2, -0.15) is 26.3 Å². The molecule has 25 heavy (non-hydrogen) atoms. The minimum absolute atomic E-state index is 0.0245. The Kier molecular flexibility index (Phi) is 5.99. The first-order valence-corrected chi connectivity index (χ1v) is 7.27. The van der Waals surface area contributed by atoms with Crippen LogP contribution in [0.25, 0.3) is 0 Å². The van der Waals surface area contributed by atoms with Gasteiger partial charge in [-0.3, -0.25) is 5.41 Å². The molecule has 4 nitrogen and oxygen atoms in total. The van der Waals surface area contributed by atoms with Crippen LogP contribution in [-0.4, -0.2) is 49.0 Å². The molecule has 0 radical (unpaired) electrons. The summed E-state index contributed by atoms with van der Waals surface area (Å²) in [5, 5.41) is 17.3. The van der Waals surface area contributed by atoms with Crippen molar-refractivity contribution >= 4 is 11.6 Å². The SMILES string of the molecule is CCCN(C(=N)N(C)C)c1ccc(C(O)(C(F)(F)F)C(F)(F)F)cc1. The molecule has 0 heterocycles. The number of nitrogens with one attached hydrogen (secondary N) is 1. The molecular weight excluding hydrogens is 352 g/mol. The summed E-state index contributed by atoms with van der Waals surface area (Å²) in [5.41, 5.74) is -6.04. The maximum Gasteiger partial charge on any atom is 0.430 e. The summed E-state index contributed by atoms with van der Waals surface area (Å²) in [7, 11) is 3.18. The maximum absolute atomic E-state index is 12.9. The van der Waals surface area contributed by atoms with Gasteiger partial charge in [-0.05, 0) is 18.6 Å². The van der Waals surface area contributed by atoms with Crippen LogP contribution >= 0.6 is 0 Å². The summed E-state index contributed by atoms with van der Waals surface area (Å²) in [6.07, 6.45) is -11.2. The second-order valence-corrected chi connectivity index (χ2v) is 5.62. The standard InChI is InChI=1S/C15H19F6N3O/c1-4-9-24(12(22)23(2)3)11-7-5-10(6-8-11)13(25,14(16,17)18)15(19,20)21/h5-8,22,25H,4,9H2,1-3H3. The first-order valence-electron chi connectivity index (χ1n) is 7.27. The fraction of sp³-hybridized carbons (Fsp3) is 0.533. The van der Waals surface area contributed by atoms with Crippen molar-refractivity contribution < 1.29 is 31.4 Å². The zero-order valence-electron chi connectivity index (χ0n) is 13.8. The van der Waals surface area contributed by atoms with Gasteiger partial charge in [0.25, 0.3) is 5.60 Å². The van der Waals surface area contributed by atoms with Crippen molar-refractivity contribution in [3.8, 4) is 0 Å². The lowest BCUT2D eigenvalue weighted by atomic mass is 9.92. The highest BCUT2D eigenvalue weighted by atomic mass is 19.4. The number of nitrogens with zero attached hydrogens (tertiary/aromatic N) is 2. The Morgan fingerprint density at radius 1 is 1.00 bits per heavy atom. The van der Waals surface area contributed by atoms with E-state index in [4.69, 9.17) is 5.41 Å². The Balaban J connectivity index is 3.34. The Bertz CT molecular complexity index is 581. The first-order chi connectivity index (χ1) is 11.3. The minimum Gasteiger partial charge on any atom is -0.369 e. The van der Waals surface area contributed by atoms with Crippen molar-refractivity contribution in [3.63, 3.8) is 0 Å². The van der Waals surface area contributed by atoms with Gasteiger partial charge in [0.1, 0.15) is 0 Å². The van der Waals surface area contributed by atoms with E-state index in [0.29, 0.717) is 25.1 Å². The number of guanidine groups is 1. The summed E-state index contributed by atoms with van der Waals surface area (Å²) < 4.78 is 77.3. The Morgan fingerprint density at radius 2 is 1.44 bits per heavy atom. The number of alkyl halides is 6. The lowest BCUT2D eigenvalue weighted by molar-refractivity contribution is -0.376. The van der Waals surface area contributed by atoms with Crippen LogP contribution < -0.4 is 4.90 Å². The molecule has 0 atom stereocenters. The third kappa shape index (κ3) is 4.00. The van der Waals surface area contributed by atoms with Crippen LogP contribution in [-0.2, 0) is 5.60 Å². The first kappa shape index (κ1) is 21.1. The van der Waals surface area contributed by atoms with E-state index in [-0.39, 0.29) is 11.6 Å². The van der Waals surface area contributed by atoms with Gasteiger partial charge in [-0.25, -0.2) is 0 Å². The van der Waals surface area contributed by atoms with Crippen LogP contribution in [0.15, 0.2) is 24.3 Å². The number of hydrogen-bond donors (Lipinski definition) is 2. The van der Waals surface area contributed by atoms with Crippen LogP contribution in [0.5, 0.6) is 0 Å². The van der Waals surface area contributed by atoms with Crippen LogP contribution in [0.2, 0.25) is 0 Å². The lowest BCUT2D eigenvalue weighted by Gasteiger charge is -2.33. The fourth-order valence-corrected chi connectivity index (χ4v) is 2.19. The molecule has 0 saturated carbocycles. The van der Waals surface area contributed by atoms with Crippen LogP contribution in [0.3, 0.4) is 0 Å². The number of hydrogen-bond acceptors (Lipinski definition) is 2. The second kappa shape index (κ2) is 7.11. The summed E-state index contributed by atoms with van der Waals surface area (Å²) in [6.45, 7) is 2.16. The van der Waals surface area contributed by atoms with Crippen LogP contribution in [0, 0.1) is 5.41 Å². The largest absolute Gasteiger partial charge is 0.430 e. The summed E-state index contributed by atoms with van der Waals surface area (Å²) in [5.74, 6) is 0.0245. The average molecular weight is 371 g/mol. The molecule has 0 saturated heterocycles. The number of aliphatic hydroxyl groups is 1. The van der Waals surface area contributed by atoms with Crippen molar-refractivity contribution in [2.75, 3.05) is 25.5 Å². The molecule has 10 heteroatoms. The van der Waals surface area contributed by atoms with Gasteiger partial charge in [0.15, 0.2) is 5.96 Å². The second-order valence-electron chi connectivity index (χ2n) is 5.62. The molecule has 0 amide bonds. The monoisotopic (exact) mass is 371 g/mol. The average Bonchev–Trinajstić information content (AvgIpc) is 2.49. The van der Waals surface area contributed by atoms with E-state index in [1.165, 1.54) is 9.80 Å². The number of halogens is 6. The summed E-state index contributed by atoms with van der Waals surface area (Å²) in [4.78, 5) is 2.88. The number of rotatable bonds is 4. The van der Waals surface area contributed by atoms with Crippen LogP contribution in [0.4, 0.5) is 32.0 Å². The van der Waals surface area contributed by atoms with E-state index < -0.39 is 23.5 Å². The van der Waals surface area contributed by atoms with Crippen molar-refractivity contribution in [3.05, 3.63) is 29.8 Å². The Hall–Kier alpha value is -1.97. The van der Waals surface area contributed by atoms with Gasteiger partial charge >= 0.3 is 12.4 Å². The number of anilines is 1. The normalized spacial score (nSPS) is 12.9. The maximum atomic E-state index is 12.9. The molecule has 0 aliphatic carbocycles. The van der Waals surface area contributed by atoms with E-state index >= 15 is 0 Å². The van der Waals surface area contributed by atoms with E-state index in [9.17, 15) is 31.4 Å². The zero-order chi connectivity index (χ0) is 19.6. The number of benzene rings is 1. The molecule has 1 aromatic carbocycles. The van der Waals surface area contributed by atoms with Gasteiger partial charge in [-0.1, -0.05) is 19.1 Å². The summed E-state index contributed by atoms with van der Waals surface area (Å²) >= 11 is 0. The van der Waals surface area contributed by atoms with Gasteiger partial charge in [0, 0.05) is 31.9 Å². The smallest absolute Gasteiger partial charge is 0.369 e. The van der Waals surface area contributed by atoms with Gasteiger partial charge in [0.2, 0.25) is 0 Å². The van der Waals surface area contributed by atoms with E-state index in [1.54, 1.807) is 14.1 Å². The van der Waals surface area contributed by atoms with E-state index in [1.807, 2.05) is 6.92 Å². The highest BCUT2D eigenvalue weighted by molar-refractivity contribution is 5.93. The molecule has 142 valence electrons.